The molecule has 2 unspecified atom stereocenters. The van der Waals surface area contributed by atoms with Crippen LogP contribution < -0.4 is 0 Å². The summed E-state index contributed by atoms with van der Waals surface area (Å²) >= 11 is 2.04. The van der Waals surface area contributed by atoms with Crippen molar-refractivity contribution in [3.63, 3.8) is 0 Å². The largest absolute Gasteiger partial charge is 0.383 e. The zero-order valence-electron chi connectivity index (χ0n) is 12.3. The lowest BCUT2D eigenvalue weighted by Crippen LogP contribution is -2.39. The summed E-state index contributed by atoms with van der Waals surface area (Å²) in [7, 11) is 1.79. The molecule has 0 aliphatic carbocycles. The van der Waals surface area contributed by atoms with E-state index in [0.717, 1.165) is 19.7 Å². The molecule has 2 rings (SSSR count). The van der Waals surface area contributed by atoms with E-state index < -0.39 is 0 Å². The van der Waals surface area contributed by atoms with Gasteiger partial charge in [-0.2, -0.15) is 0 Å². The van der Waals surface area contributed by atoms with Crippen molar-refractivity contribution in [2.75, 3.05) is 26.8 Å². The van der Waals surface area contributed by atoms with Crippen LogP contribution >= 0.6 is 11.8 Å². The van der Waals surface area contributed by atoms with Crippen molar-refractivity contribution >= 4 is 11.8 Å². The number of nitrogens with zero attached hydrogens (tertiary/aromatic N) is 1. The Bertz CT molecular complexity index is 371. The van der Waals surface area contributed by atoms with Gasteiger partial charge in [-0.3, -0.25) is 4.90 Å². The molecule has 0 amide bonds. The first kappa shape index (κ1) is 14.9. The van der Waals surface area contributed by atoms with Gasteiger partial charge in [0, 0.05) is 36.4 Å². The van der Waals surface area contributed by atoms with Crippen LogP contribution in [0.1, 0.15) is 25.8 Å². The van der Waals surface area contributed by atoms with Gasteiger partial charge in [0.15, 0.2) is 0 Å². The predicted octanol–water partition coefficient (Wildman–Crippen LogP) is 3.45. The fourth-order valence-corrected chi connectivity index (χ4v) is 3.92. The van der Waals surface area contributed by atoms with Crippen molar-refractivity contribution in [2.24, 2.45) is 0 Å². The standard InChI is InChI=1S/C16H25NOS/c1-4-13(2)17(9-10-18-3)12-15-11-14-7-5-6-8-16(14)19-15/h5-8,13,15H,4,9-12H2,1-3H3. The zero-order valence-corrected chi connectivity index (χ0v) is 13.1. The van der Waals surface area contributed by atoms with Crippen LogP contribution in [0.25, 0.3) is 0 Å². The number of ether oxygens (including phenoxy) is 1. The lowest BCUT2D eigenvalue weighted by atomic mass is 10.1. The van der Waals surface area contributed by atoms with Gasteiger partial charge in [0.2, 0.25) is 0 Å². The molecule has 2 nitrogen and oxygen atoms in total. The van der Waals surface area contributed by atoms with E-state index >= 15 is 0 Å². The molecule has 2 atom stereocenters. The Kier molecular flexibility index (Phi) is 5.74. The summed E-state index contributed by atoms with van der Waals surface area (Å²) in [5.74, 6) is 0. The minimum atomic E-state index is 0.638. The molecular formula is C16H25NOS. The zero-order chi connectivity index (χ0) is 13.7. The van der Waals surface area contributed by atoms with Gasteiger partial charge in [-0.25, -0.2) is 0 Å². The molecule has 0 fully saturated rings. The van der Waals surface area contributed by atoms with E-state index in [4.69, 9.17) is 4.74 Å². The fraction of sp³-hybridized carbons (Fsp3) is 0.625. The lowest BCUT2D eigenvalue weighted by Gasteiger charge is -2.30. The van der Waals surface area contributed by atoms with Crippen molar-refractivity contribution in [3.05, 3.63) is 29.8 Å². The van der Waals surface area contributed by atoms with Crippen LogP contribution in [0.15, 0.2) is 29.2 Å². The maximum absolute atomic E-state index is 5.24. The second-order valence-electron chi connectivity index (χ2n) is 5.30. The monoisotopic (exact) mass is 279 g/mol. The number of fused-ring (bicyclic) bond motifs is 1. The molecule has 1 heterocycles. The minimum Gasteiger partial charge on any atom is -0.383 e. The van der Waals surface area contributed by atoms with Gasteiger partial charge >= 0.3 is 0 Å². The number of methoxy groups -OCH3 is 1. The third-order valence-corrected chi connectivity index (χ3v) is 5.25. The summed E-state index contributed by atoms with van der Waals surface area (Å²) < 4.78 is 5.24. The summed E-state index contributed by atoms with van der Waals surface area (Å²) in [6, 6.07) is 9.46. The number of hydrogen-bond donors (Lipinski definition) is 0. The molecule has 0 bridgehead atoms. The second kappa shape index (κ2) is 7.32. The topological polar surface area (TPSA) is 12.5 Å². The molecule has 1 aliphatic rings. The van der Waals surface area contributed by atoms with E-state index in [0.29, 0.717) is 11.3 Å². The average molecular weight is 279 g/mol. The van der Waals surface area contributed by atoms with E-state index in [1.165, 1.54) is 23.3 Å². The summed E-state index contributed by atoms with van der Waals surface area (Å²) in [6.07, 6.45) is 2.41. The summed E-state index contributed by atoms with van der Waals surface area (Å²) in [4.78, 5) is 4.05. The van der Waals surface area contributed by atoms with Gasteiger partial charge in [0.25, 0.3) is 0 Å². The third-order valence-electron chi connectivity index (χ3n) is 3.95. The maximum atomic E-state index is 5.24. The van der Waals surface area contributed by atoms with Crippen LogP contribution in [0, 0.1) is 0 Å². The highest BCUT2D eigenvalue weighted by Crippen LogP contribution is 2.37. The molecule has 0 N–H and O–H groups in total. The smallest absolute Gasteiger partial charge is 0.0589 e. The van der Waals surface area contributed by atoms with Crippen LogP contribution in [0.3, 0.4) is 0 Å². The quantitative estimate of drug-likeness (QED) is 0.758. The fourth-order valence-electron chi connectivity index (χ4n) is 2.58. The van der Waals surface area contributed by atoms with E-state index in [2.05, 4.69) is 43.0 Å². The van der Waals surface area contributed by atoms with Crippen LogP contribution in [0.4, 0.5) is 0 Å². The molecule has 0 saturated heterocycles. The second-order valence-corrected chi connectivity index (χ2v) is 6.64. The maximum Gasteiger partial charge on any atom is 0.0589 e. The number of benzene rings is 1. The molecular weight excluding hydrogens is 254 g/mol. The minimum absolute atomic E-state index is 0.638. The van der Waals surface area contributed by atoms with Gasteiger partial charge < -0.3 is 4.74 Å². The van der Waals surface area contributed by atoms with Crippen molar-refractivity contribution in [1.82, 2.24) is 4.90 Å². The number of hydrogen-bond acceptors (Lipinski definition) is 3. The predicted molar refractivity (Wildman–Crippen MR) is 83.0 cm³/mol. The Morgan fingerprint density at radius 3 is 2.89 bits per heavy atom. The molecule has 1 aromatic carbocycles. The highest BCUT2D eigenvalue weighted by Gasteiger charge is 2.25. The van der Waals surface area contributed by atoms with Gasteiger partial charge in [-0.05, 0) is 31.4 Å². The van der Waals surface area contributed by atoms with E-state index in [1.54, 1.807) is 7.11 Å². The summed E-state index contributed by atoms with van der Waals surface area (Å²) in [5.41, 5.74) is 1.52. The molecule has 0 radical (unpaired) electrons. The molecule has 0 spiro atoms. The lowest BCUT2D eigenvalue weighted by molar-refractivity contribution is 0.123. The Morgan fingerprint density at radius 1 is 1.42 bits per heavy atom. The van der Waals surface area contributed by atoms with Gasteiger partial charge in [0.05, 0.1) is 6.61 Å². The van der Waals surface area contributed by atoms with Crippen LogP contribution in [-0.4, -0.2) is 43.0 Å². The molecule has 106 valence electrons. The van der Waals surface area contributed by atoms with Crippen LogP contribution in [0.5, 0.6) is 0 Å². The molecule has 19 heavy (non-hydrogen) atoms. The number of thioether (sulfide) groups is 1. The van der Waals surface area contributed by atoms with Gasteiger partial charge in [0.1, 0.15) is 0 Å². The van der Waals surface area contributed by atoms with Crippen molar-refractivity contribution in [2.45, 2.75) is 42.9 Å². The van der Waals surface area contributed by atoms with E-state index in [1.807, 2.05) is 11.8 Å². The van der Waals surface area contributed by atoms with Crippen molar-refractivity contribution in [1.29, 1.82) is 0 Å². The summed E-state index contributed by atoms with van der Waals surface area (Å²) in [6.45, 7) is 7.62. The Hall–Kier alpha value is -0.510. The average Bonchev–Trinajstić information content (AvgIpc) is 2.84. The Balaban J connectivity index is 1.92. The first-order valence-electron chi connectivity index (χ1n) is 7.22. The first-order chi connectivity index (χ1) is 9.24. The molecule has 1 aromatic rings. The van der Waals surface area contributed by atoms with Crippen molar-refractivity contribution in [3.8, 4) is 0 Å². The third kappa shape index (κ3) is 3.98. The first-order valence-corrected chi connectivity index (χ1v) is 8.10. The molecule has 0 saturated carbocycles. The van der Waals surface area contributed by atoms with Crippen molar-refractivity contribution < 1.29 is 4.74 Å². The highest BCUT2D eigenvalue weighted by atomic mass is 32.2. The van der Waals surface area contributed by atoms with E-state index in [9.17, 15) is 0 Å². The van der Waals surface area contributed by atoms with Crippen LogP contribution in [0.2, 0.25) is 0 Å². The molecule has 1 aliphatic heterocycles. The van der Waals surface area contributed by atoms with Gasteiger partial charge in [-0.1, -0.05) is 25.1 Å². The molecule has 3 heteroatoms. The normalized spacial score (nSPS) is 19.7. The number of rotatable bonds is 7. The summed E-state index contributed by atoms with van der Waals surface area (Å²) in [5, 5.41) is 0.697. The van der Waals surface area contributed by atoms with E-state index in [-0.39, 0.29) is 0 Å². The van der Waals surface area contributed by atoms with Gasteiger partial charge in [-0.15, -0.1) is 11.8 Å². The highest BCUT2D eigenvalue weighted by molar-refractivity contribution is 8.00. The van der Waals surface area contributed by atoms with Crippen LogP contribution in [-0.2, 0) is 11.2 Å². The Labute approximate surface area is 121 Å². The Morgan fingerprint density at radius 2 is 2.21 bits per heavy atom. The molecule has 0 aromatic heterocycles. The SMILES string of the molecule is CCC(C)N(CCOC)CC1Cc2ccccc2S1.